The molecule has 0 bridgehead atoms. The van der Waals surface area contributed by atoms with E-state index >= 15 is 0 Å². The van der Waals surface area contributed by atoms with Gasteiger partial charge in [-0.15, -0.1) is 0 Å². The molecule has 0 aromatic carbocycles. The van der Waals surface area contributed by atoms with Crippen molar-refractivity contribution < 1.29 is 23.8 Å². The van der Waals surface area contributed by atoms with Crippen molar-refractivity contribution in [2.45, 2.75) is 13.0 Å². The first-order valence-electron chi connectivity index (χ1n) is 5.04. The number of cyclic esters (lactones) is 1. The summed E-state index contributed by atoms with van der Waals surface area (Å²) in [6.45, 7) is 1.90. The van der Waals surface area contributed by atoms with Gasteiger partial charge in [-0.05, 0) is 6.08 Å². The number of hydrogen-bond donors (Lipinski definition) is 0. The Hall–Kier alpha value is -2.06. The van der Waals surface area contributed by atoms with Crippen LogP contribution in [0.4, 0.5) is 0 Å². The molecular formula is C12H10O5. The van der Waals surface area contributed by atoms with Crippen LogP contribution >= 0.6 is 0 Å². The molecule has 0 unspecified atom stereocenters. The second kappa shape index (κ2) is 4.85. The van der Waals surface area contributed by atoms with Crippen molar-refractivity contribution in [3.8, 4) is 11.8 Å². The van der Waals surface area contributed by atoms with Crippen LogP contribution in [0.1, 0.15) is 6.92 Å². The van der Waals surface area contributed by atoms with Gasteiger partial charge in [0, 0.05) is 13.0 Å². The molecule has 5 heteroatoms. The highest BCUT2D eigenvalue weighted by molar-refractivity contribution is 5.87. The molecular weight excluding hydrogens is 224 g/mol. The normalized spacial score (nSPS) is 23.6. The van der Waals surface area contributed by atoms with E-state index < -0.39 is 11.9 Å². The van der Waals surface area contributed by atoms with Crippen LogP contribution in [0.15, 0.2) is 23.5 Å². The van der Waals surface area contributed by atoms with Gasteiger partial charge in [-0.2, -0.15) is 0 Å². The molecule has 17 heavy (non-hydrogen) atoms. The lowest BCUT2D eigenvalue weighted by atomic mass is 10.2. The van der Waals surface area contributed by atoms with Gasteiger partial charge in [0.15, 0.2) is 0 Å². The van der Waals surface area contributed by atoms with Gasteiger partial charge in [-0.1, -0.05) is 11.8 Å². The average Bonchev–Trinajstić information content (AvgIpc) is 3.00. The van der Waals surface area contributed by atoms with Gasteiger partial charge in [-0.25, -0.2) is 4.79 Å². The van der Waals surface area contributed by atoms with Crippen molar-refractivity contribution in [3.05, 3.63) is 23.5 Å². The number of carbonyl (C=O) groups excluding carboxylic acids is 2. The second-order valence-corrected chi connectivity index (χ2v) is 3.47. The van der Waals surface area contributed by atoms with Gasteiger partial charge >= 0.3 is 11.9 Å². The third kappa shape index (κ3) is 3.47. The van der Waals surface area contributed by atoms with Crippen LogP contribution in [-0.2, 0) is 23.8 Å². The summed E-state index contributed by atoms with van der Waals surface area (Å²) in [7, 11) is 0. The van der Waals surface area contributed by atoms with Crippen LogP contribution in [0, 0.1) is 11.8 Å². The zero-order valence-electron chi connectivity index (χ0n) is 9.19. The lowest BCUT2D eigenvalue weighted by Gasteiger charge is -2.03. The van der Waals surface area contributed by atoms with Gasteiger partial charge in [0.2, 0.25) is 0 Å². The van der Waals surface area contributed by atoms with Gasteiger partial charge in [-0.3, -0.25) is 4.79 Å². The minimum absolute atomic E-state index is 0.0119. The molecule has 5 nitrogen and oxygen atoms in total. The number of hydrogen-bond acceptors (Lipinski definition) is 5. The Bertz CT molecular complexity index is 471. The van der Waals surface area contributed by atoms with E-state index in [1.807, 2.05) is 0 Å². The molecule has 0 aromatic rings. The Morgan fingerprint density at radius 1 is 1.59 bits per heavy atom. The molecule has 0 radical (unpaired) electrons. The summed E-state index contributed by atoms with van der Waals surface area (Å²) in [5.74, 6) is 5.08. The lowest BCUT2D eigenvalue weighted by molar-refractivity contribution is -0.139. The molecule has 88 valence electrons. The minimum Gasteiger partial charge on any atom is -0.460 e. The predicted molar refractivity (Wildman–Crippen MR) is 56.4 cm³/mol. The van der Waals surface area contributed by atoms with E-state index in [9.17, 15) is 9.59 Å². The first-order valence-corrected chi connectivity index (χ1v) is 5.04. The van der Waals surface area contributed by atoms with E-state index in [0.29, 0.717) is 17.9 Å². The van der Waals surface area contributed by atoms with Crippen molar-refractivity contribution in [1.29, 1.82) is 0 Å². The smallest absolute Gasteiger partial charge is 0.336 e. The van der Waals surface area contributed by atoms with E-state index in [1.54, 1.807) is 0 Å². The number of ether oxygens (including phenoxy) is 3. The van der Waals surface area contributed by atoms with Crippen molar-refractivity contribution in [2.75, 3.05) is 13.2 Å². The maximum atomic E-state index is 10.9. The Kier molecular flexibility index (Phi) is 3.26. The molecule has 0 N–H and O–H groups in total. The second-order valence-electron chi connectivity index (χ2n) is 3.47. The van der Waals surface area contributed by atoms with E-state index in [4.69, 9.17) is 14.2 Å². The summed E-state index contributed by atoms with van der Waals surface area (Å²) in [4.78, 5) is 21.7. The molecule has 0 spiro atoms. The van der Waals surface area contributed by atoms with Crippen LogP contribution in [0.2, 0.25) is 0 Å². The van der Waals surface area contributed by atoms with Crippen molar-refractivity contribution in [2.24, 2.45) is 0 Å². The summed E-state index contributed by atoms with van der Waals surface area (Å²) in [6, 6.07) is 0. The predicted octanol–water partition coefficient (Wildman–Crippen LogP) is 0.319. The summed E-state index contributed by atoms with van der Waals surface area (Å²) < 4.78 is 14.7. The van der Waals surface area contributed by atoms with Crippen LogP contribution in [-0.4, -0.2) is 31.3 Å². The number of allylic oxidation sites excluding steroid dienone is 1. The number of rotatable bonds is 2. The average molecular weight is 234 g/mol. The molecule has 2 heterocycles. The molecule has 1 saturated heterocycles. The van der Waals surface area contributed by atoms with Crippen LogP contribution < -0.4 is 0 Å². The quantitative estimate of drug-likeness (QED) is 0.391. The fourth-order valence-corrected chi connectivity index (χ4v) is 1.12. The fourth-order valence-electron chi connectivity index (χ4n) is 1.12. The zero-order chi connectivity index (χ0) is 12.3. The Morgan fingerprint density at radius 2 is 2.35 bits per heavy atom. The summed E-state index contributed by atoms with van der Waals surface area (Å²) in [5.41, 5.74) is 0.456. The van der Waals surface area contributed by atoms with Crippen molar-refractivity contribution in [3.63, 3.8) is 0 Å². The van der Waals surface area contributed by atoms with E-state index in [1.165, 1.54) is 19.1 Å². The summed E-state index contributed by atoms with van der Waals surface area (Å²) in [5, 5.41) is 0. The Balaban J connectivity index is 2.12. The molecule has 0 saturated carbocycles. The van der Waals surface area contributed by atoms with E-state index in [2.05, 4.69) is 11.8 Å². The van der Waals surface area contributed by atoms with Crippen molar-refractivity contribution >= 4 is 11.9 Å². The maximum Gasteiger partial charge on any atom is 0.336 e. The first-order chi connectivity index (χ1) is 8.15. The third-order valence-electron chi connectivity index (χ3n) is 2.02. The highest BCUT2D eigenvalue weighted by atomic mass is 16.6. The van der Waals surface area contributed by atoms with Crippen LogP contribution in [0.25, 0.3) is 0 Å². The Morgan fingerprint density at radius 3 is 2.88 bits per heavy atom. The van der Waals surface area contributed by atoms with Crippen molar-refractivity contribution in [1.82, 2.24) is 0 Å². The van der Waals surface area contributed by atoms with Crippen LogP contribution in [0.5, 0.6) is 0 Å². The van der Waals surface area contributed by atoms with E-state index in [0.717, 1.165) is 0 Å². The summed E-state index contributed by atoms with van der Waals surface area (Å²) in [6.07, 6.45) is 2.73. The monoisotopic (exact) mass is 234 g/mol. The van der Waals surface area contributed by atoms with Crippen LogP contribution in [0.3, 0.4) is 0 Å². The topological polar surface area (TPSA) is 65.1 Å². The summed E-state index contributed by atoms with van der Waals surface area (Å²) >= 11 is 0. The standard InChI is InChI=1S/C12H10O5/c1-8(13)15-6-9(2-3-10-7-16-10)11-4-5-12(14)17-11/h4-5,10H,6-7H2,1H3/b11-9+/t10-/m0/s1. The molecule has 1 atom stereocenters. The first kappa shape index (κ1) is 11.4. The molecule has 2 aliphatic rings. The molecule has 2 aliphatic heterocycles. The van der Waals surface area contributed by atoms with Gasteiger partial charge in [0.1, 0.15) is 18.5 Å². The molecule has 0 aromatic heterocycles. The SMILES string of the molecule is CC(=O)OC/C(C#C[C@H]1CO1)=C1\C=CC(=O)O1. The third-order valence-corrected chi connectivity index (χ3v) is 2.02. The number of esters is 2. The largest absolute Gasteiger partial charge is 0.460 e. The maximum absolute atomic E-state index is 10.9. The molecule has 1 fully saturated rings. The highest BCUT2D eigenvalue weighted by Gasteiger charge is 2.20. The lowest BCUT2D eigenvalue weighted by Crippen LogP contribution is -2.05. The highest BCUT2D eigenvalue weighted by Crippen LogP contribution is 2.15. The molecule has 0 aliphatic carbocycles. The van der Waals surface area contributed by atoms with Gasteiger partial charge in [0.25, 0.3) is 0 Å². The zero-order valence-corrected chi connectivity index (χ0v) is 9.19. The minimum atomic E-state index is -0.454. The fraction of sp³-hybridized carbons (Fsp3) is 0.333. The van der Waals surface area contributed by atoms with Gasteiger partial charge in [0.05, 0.1) is 12.2 Å². The number of carbonyl (C=O) groups is 2. The Labute approximate surface area is 98.0 Å². The van der Waals surface area contributed by atoms with Gasteiger partial charge < -0.3 is 14.2 Å². The number of epoxide rings is 1. The van der Waals surface area contributed by atoms with E-state index in [-0.39, 0.29) is 12.7 Å². The molecule has 2 rings (SSSR count). The molecule has 0 amide bonds.